The van der Waals surface area contributed by atoms with E-state index in [-0.39, 0.29) is 5.75 Å². The fourth-order valence-electron chi connectivity index (χ4n) is 1.68. The van der Waals surface area contributed by atoms with Crippen molar-refractivity contribution in [3.05, 3.63) is 53.8 Å². The van der Waals surface area contributed by atoms with Crippen LogP contribution in [-0.2, 0) is 16.6 Å². The molecule has 0 radical (unpaired) electrons. The van der Waals surface area contributed by atoms with Crippen LogP contribution >= 0.6 is 0 Å². The number of nitrogen functional groups attached to an aromatic ring is 1. The van der Waals surface area contributed by atoms with Crippen LogP contribution < -0.4 is 10.5 Å². The van der Waals surface area contributed by atoms with Crippen molar-refractivity contribution in [2.45, 2.75) is 10.6 Å². The number of nitrogens with two attached hydrogens (primary N) is 1. The molecule has 0 fully saturated rings. The molecule has 0 aliphatic rings. The summed E-state index contributed by atoms with van der Waals surface area (Å²) in [7, 11) is 0.0989. The van der Waals surface area contributed by atoms with Gasteiger partial charge in [0, 0.05) is 17.3 Å². The van der Waals surface area contributed by atoms with Gasteiger partial charge >= 0.3 is 0 Å². The number of ether oxygens (including phenoxy) is 1. The molecule has 0 aliphatic heterocycles. The number of hydrogen-bond donors (Lipinski definition) is 1. The number of hydrogen-bond acceptors (Lipinski definition) is 3. The molecule has 2 rings (SSSR count). The summed E-state index contributed by atoms with van der Waals surface area (Å²) in [4.78, 5) is 0.526. The van der Waals surface area contributed by atoms with Gasteiger partial charge in [0.05, 0.1) is 28.6 Å². The maximum atomic E-state index is 13.8. The molecule has 0 aliphatic carbocycles. The van der Waals surface area contributed by atoms with Gasteiger partial charge in [-0.25, -0.2) is 4.39 Å². The second kappa shape index (κ2) is 5.84. The van der Waals surface area contributed by atoms with Gasteiger partial charge in [-0.05, 0) is 18.2 Å². The quantitative estimate of drug-likeness (QED) is 0.875. The van der Waals surface area contributed by atoms with Gasteiger partial charge in [0.2, 0.25) is 0 Å². The lowest BCUT2D eigenvalue weighted by molar-refractivity contribution is 0.411. The highest BCUT2D eigenvalue weighted by molar-refractivity contribution is 7.84. The van der Waals surface area contributed by atoms with Crippen LogP contribution in [0.25, 0.3) is 0 Å². The van der Waals surface area contributed by atoms with Crippen molar-refractivity contribution >= 4 is 16.5 Å². The predicted octanol–water partition coefficient (Wildman–Crippen LogP) is 2.72. The van der Waals surface area contributed by atoms with Crippen molar-refractivity contribution in [1.82, 2.24) is 0 Å². The number of benzene rings is 2. The van der Waals surface area contributed by atoms with Crippen LogP contribution in [-0.4, -0.2) is 11.3 Å². The van der Waals surface area contributed by atoms with E-state index in [4.69, 9.17) is 10.5 Å². The van der Waals surface area contributed by atoms with E-state index in [2.05, 4.69) is 0 Å². The molecule has 19 heavy (non-hydrogen) atoms. The SMILES string of the molecule is COc1ccc(CS(=O)c2ccccc2N)c(F)c1. The first-order chi connectivity index (χ1) is 9.11. The van der Waals surface area contributed by atoms with Crippen LogP contribution in [0, 0.1) is 5.82 Å². The van der Waals surface area contributed by atoms with Crippen molar-refractivity contribution in [1.29, 1.82) is 0 Å². The maximum Gasteiger partial charge on any atom is 0.131 e. The maximum absolute atomic E-state index is 13.8. The molecular formula is C14H14FNO2S. The number of methoxy groups -OCH3 is 1. The van der Waals surface area contributed by atoms with E-state index in [0.29, 0.717) is 21.9 Å². The van der Waals surface area contributed by atoms with Crippen LogP contribution in [0.5, 0.6) is 5.75 Å². The van der Waals surface area contributed by atoms with E-state index in [1.165, 1.54) is 13.2 Å². The summed E-state index contributed by atoms with van der Waals surface area (Å²) in [6.45, 7) is 0. The van der Waals surface area contributed by atoms with Crippen LogP contribution in [0.4, 0.5) is 10.1 Å². The highest BCUT2D eigenvalue weighted by Gasteiger charge is 2.12. The lowest BCUT2D eigenvalue weighted by atomic mass is 10.2. The zero-order valence-corrected chi connectivity index (χ0v) is 11.2. The summed E-state index contributed by atoms with van der Waals surface area (Å²) in [5.41, 5.74) is 6.58. The van der Waals surface area contributed by atoms with Gasteiger partial charge < -0.3 is 10.5 Å². The minimum Gasteiger partial charge on any atom is -0.497 e. The van der Waals surface area contributed by atoms with E-state index < -0.39 is 16.6 Å². The van der Waals surface area contributed by atoms with Gasteiger partial charge in [0.25, 0.3) is 0 Å². The molecule has 0 heterocycles. The largest absolute Gasteiger partial charge is 0.497 e. The van der Waals surface area contributed by atoms with Crippen LogP contribution in [0.3, 0.4) is 0 Å². The molecule has 3 nitrogen and oxygen atoms in total. The molecule has 0 saturated carbocycles. The average Bonchev–Trinajstić information content (AvgIpc) is 2.41. The predicted molar refractivity (Wildman–Crippen MR) is 73.9 cm³/mol. The van der Waals surface area contributed by atoms with Crippen molar-refractivity contribution in [2.24, 2.45) is 0 Å². The fraction of sp³-hybridized carbons (Fsp3) is 0.143. The Morgan fingerprint density at radius 2 is 2.00 bits per heavy atom. The number of rotatable bonds is 4. The van der Waals surface area contributed by atoms with Gasteiger partial charge in [-0.1, -0.05) is 18.2 Å². The zero-order chi connectivity index (χ0) is 13.8. The first kappa shape index (κ1) is 13.5. The number of halogens is 1. The first-order valence-electron chi connectivity index (χ1n) is 5.67. The van der Waals surface area contributed by atoms with Crippen molar-refractivity contribution < 1.29 is 13.3 Å². The normalized spacial score (nSPS) is 12.1. The molecule has 5 heteroatoms. The Kier molecular flexibility index (Phi) is 4.16. The molecule has 0 saturated heterocycles. The van der Waals surface area contributed by atoms with Gasteiger partial charge in [-0.2, -0.15) is 0 Å². The Balaban J connectivity index is 2.22. The smallest absolute Gasteiger partial charge is 0.131 e. The molecule has 0 bridgehead atoms. The van der Waals surface area contributed by atoms with Crippen LogP contribution in [0.15, 0.2) is 47.4 Å². The molecular weight excluding hydrogens is 265 g/mol. The Bertz CT molecular complexity index is 616. The summed E-state index contributed by atoms with van der Waals surface area (Å²) in [6, 6.07) is 11.4. The molecule has 0 aromatic heterocycles. The highest BCUT2D eigenvalue weighted by Crippen LogP contribution is 2.22. The Labute approximate surface area is 113 Å². The summed E-state index contributed by atoms with van der Waals surface area (Å²) < 4.78 is 30.9. The summed E-state index contributed by atoms with van der Waals surface area (Å²) >= 11 is 0. The van der Waals surface area contributed by atoms with E-state index in [9.17, 15) is 8.60 Å². The van der Waals surface area contributed by atoms with Crippen molar-refractivity contribution in [2.75, 3.05) is 12.8 Å². The number of para-hydroxylation sites is 1. The van der Waals surface area contributed by atoms with E-state index in [1.807, 2.05) is 0 Å². The van der Waals surface area contributed by atoms with Gasteiger partial charge in [0.1, 0.15) is 11.6 Å². The van der Waals surface area contributed by atoms with Crippen LogP contribution in [0.1, 0.15) is 5.56 Å². The first-order valence-corrected chi connectivity index (χ1v) is 6.99. The Morgan fingerprint density at radius 3 is 2.63 bits per heavy atom. The third-order valence-electron chi connectivity index (χ3n) is 2.71. The topological polar surface area (TPSA) is 52.3 Å². The Morgan fingerprint density at radius 1 is 1.26 bits per heavy atom. The molecule has 2 N–H and O–H groups in total. The molecule has 2 aromatic rings. The average molecular weight is 279 g/mol. The third kappa shape index (κ3) is 3.12. The van der Waals surface area contributed by atoms with Crippen LogP contribution in [0.2, 0.25) is 0 Å². The van der Waals surface area contributed by atoms with Gasteiger partial charge in [0.15, 0.2) is 0 Å². The third-order valence-corrected chi connectivity index (χ3v) is 4.15. The fourth-order valence-corrected chi connectivity index (χ4v) is 2.91. The number of anilines is 1. The molecule has 0 amide bonds. The monoisotopic (exact) mass is 279 g/mol. The molecule has 1 unspecified atom stereocenters. The van der Waals surface area contributed by atoms with E-state index >= 15 is 0 Å². The minimum absolute atomic E-state index is 0.0873. The standard InChI is InChI=1S/C14H14FNO2S/c1-18-11-7-6-10(12(15)8-11)9-19(17)14-5-3-2-4-13(14)16/h2-8H,9,16H2,1H3. The minimum atomic E-state index is -1.37. The van der Waals surface area contributed by atoms with Crippen molar-refractivity contribution in [3.63, 3.8) is 0 Å². The second-order valence-electron chi connectivity index (χ2n) is 3.99. The van der Waals surface area contributed by atoms with E-state index in [1.54, 1.807) is 36.4 Å². The molecule has 2 aromatic carbocycles. The Hall–Kier alpha value is -1.88. The summed E-state index contributed by atoms with van der Waals surface area (Å²) in [5.74, 6) is 0.0952. The van der Waals surface area contributed by atoms with Crippen molar-refractivity contribution in [3.8, 4) is 5.75 Å². The lowest BCUT2D eigenvalue weighted by Crippen LogP contribution is -2.02. The zero-order valence-electron chi connectivity index (χ0n) is 10.4. The highest BCUT2D eigenvalue weighted by atomic mass is 32.2. The lowest BCUT2D eigenvalue weighted by Gasteiger charge is -2.07. The summed E-state index contributed by atoms with van der Waals surface area (Å²) in [5, 5.41) is 0. The van der Waals surface area contributed by atoms with Gasteiger partial charge in [-0.15, -0.1) is 0 Å². The molecule has 100 valence electrons. The molecule has 1 atom stereocenters. The van der Waals surface area contributed by atoms with Gasteiger partial charge in [-0.3, -0.25) is 4.21 Å². The summed E-state index contributed by atoms with van der Waals surface area (Å²) in [6.07, 6.45) is 0. The van der Waals surface area contributed by atoms with E-state index in [0.717, 1.165) is 0 Å². The second-order valence-corrected chi connectivity index (χ2v) is 5.40. The molecule has 0 spiro atoms.